The number of halogens is 3. The average Bonchev–Trinajstić information content (AvgIpc) is 2.79. The zero-order chi connectivity index (χ0) is 22.7. The minimum atomic E-state index is -4.34. The third kappa shape index (κ3) is 5.35. The predicted octanol–water partition coefficient (Wildman–Crippen LogP) is 5.85. The van der Waals surface area contributed by atoms with Gasteiger partial charge in [0.2, 0.25) is 0 Å². The molecule has 8 heteroatoms. The van der Waals surface area contributed by atoms with Crippen molar-refractivity contribution in [2.45, 2.75) is 56.3 Å². The number of hydrogen-bond donors (Lipinski definition) is 1. The average molecular weight is 468 g/mol. The normalized spacial score (nSPS) is 19.7. The van der Waals surface area contributed by atoms with Gasteiger partial charge in [0.1, 0.15) is 5.75 Å². The highest BCUT2D eigenvalue weighted by atomic mass is 32.2. The molecule has 2 aromatic carbocycles. The van der Waals surface area contributed by atoms with E-state index in [1.165, 1.54) is 18.0 Å². The topological polar surface area (TPSA) is 41.9 Å². The molecule has 1 saturated heterocycles. The summed E-state index contributed by atoms with van der Waals surface area (Å²) in [5, 5.41) is 9.87. The highest BCUT2D eigenvalue weighted by Crippen LogP contribution is 2.42. The standard InChI is InChI=1S/C24H28F3NO3S/c1-16-2-3-18-12-20(24(25,26)27)4-6-22(18)28(16)32-21-5-7-23(19(13-21)14-29)31-15-17-8-10-30-11-9-17/h4-7,12-13,16-17,29H,2-3,8-11,14-15H2,1H3. The van der Waals surface area contributed by atoms with Gasteiger partial charge in [-0.2, -0.15) is 13.2 Å². The van der Waals surface area contributed by atoms with Crippen molar-refractivity contribution < 1.29 is 27.8 Å². The molecule has 1 unspecified atom stereocenters. The van der Waals surface area contributed by atoms with E-state index in [0.717, 1.165) is 49.1 Å². The summed E-state index contributed by atoms with van der Waals surface area (Å²) >= 11 is 1.48. The summed E-state index contributed by atoms with van der Waals surface area (Å²) in [4.78, 5) is 0.909. The van der Waals surface area contributed by atoms with Crippen LogP contribution in [0.25, 0.3) is 0 Å². The van der Waals surface area contributed by atoms with E-state index in [-0.39, 0.29) is 12.6 Å². The van der Waals surface area contributed by atoms with Gasteiger partial charge in [0.15, 0.2) is 0 Å². The quantitative estimate of drug-likeness (QED) is 0.540. The molecule has 0 aliphatic carbocycles. The molecule has 1 atom stereocenters. The number of aliphatic hydroxyl groups is 1. The molecule has 0 amide bonds. The summed E-state index contributed by atoms with van der Waals surface area (Å²) in [7, 11) is 0. The molecule has 0 bridgehead atoms. The molecular formula is C24H28F3NO3S. The van der Waals surface area contributed by atoms with Crippen LogP contribution in [-0.4, -0.2) is 31.0 Å². The number of benzene rings is 2. The lowest BCUT2D eigenvalue weighted by Crippen LogP contribution is -2.31. The maximum atomic E-state index is 13.1. The SMILES string of the molecule is CC1CCc2cc(C(F)(F)F)ccc2N1Sc1ccc(OCC2CCOCC2)c(CO)c1. The summed E-state index contributed by atoms with van der Waals surface area (Å²) in [6.45, 7) is 4.05. The first kappa shape index (κ1) is 23.3. The van der Waals surface area contributed by atoms with Crippen molar-refractivity contribution >= 4 is 17.6 Å². The Morgan fingerprint density at radius 1 is 1.12 bits per heavy atom. The fraction of sp³-hybridized carbons (Fsp3) is 0.500. The van der Waals surface area contributed by atoms with Gasteiger partial charge in [-0.15, -0.1) is 0 Å². The van der Waals surface area contributed by atoms with Crippen LogP contribution in [0.4, 0.5) is 18.9 Å². The van der Waals surface area contributed by atoms with E-state index in [9.17, 15) is 18.3 Å². The molecule has 2 aliphatic heterocycles. The number of aryl methyl sites for hydroxylation is 1. The first-order chi connectivity index (χ1) is 15.3. The third-order valence-electron chi connectivity index (χ3n) is 6.10. The van der Waals surface area contributed by atoms with E-state index in [1.54, 1.807) is 6.07 Å². The Hall–Kier alpha value is -1.90. The summed E-state index contributed by atoms with van der Waals surface area (Å²) in [6, 6.07) is 9.86. The Morgan fingerprint density at radius 2 is 1.91 bits per heavy atom. The zero-order valence-electron chi connectivity index (χ0n) is 18.0. The van der Waals surface area contributed by atoms with Crippen molar-refractivity contribution in [3.8, 4) is 5.75 Å². The van der Waals surface area contributed by atoms with Crippen LogP contribution in [0.2, 0.25) is 0 Å². The minimum Gasteiger partial charge on any atom is -0.493 e. The van der Waals surface area contributed by atoms with Crippen molar-refractivity contribution in [3.63, 3.8) is 0 Å². The fourth-order valence-electron chi connectivity index (χ4n) is 4.15. The summed E-state index contributed by atoms with van der Waals surface area (Å²) in [6.07, 6.45) is -0.985. The smallest absolute Gasteiger partial charge is 0.416 e. The molecule has 4 rings (SSSR count). The minimum absolute atomic E-state index is 0.140. The lowest BCUT2D eigenvalue weighted by Gasteiger charge is -2.36. The maximum absolute atomic E-state index is 13.1. The molecule has 1 N–H and O–H groups in total. The van der Waals surface area contributed by atoms with Crippen LogP contribution in [0.5, 0.6) is 5.75 Å². The molecule has 0 aromatic heterocycles. The van der Waals surface area contributed by atoms with Gasteiger partial charge in [0, 0.05) is 29.7 Å². The Labute approximate surface area is 190 Å². The predicted molar refractivity (Wildman–Crippen MR) is 119 cm³/mol. The Kier molecular flexibility index (Phi) is 7.22. The van der Waals surface area contributed by atoms with Gasteiger partial charge in [-0.05, 0) is 92.4 Å². The van der Waals surface area contributed by atoms with Gasteiger partial charge in [0.05, 0.1) is 24.5 Å². The van der Waals surface area contributed by atoms with Crippen LogP contribution >= 0.6 is 11.9 Å². The van der Waals surface area contributed by atoms with E-state index in [2.05, 4.69) is 11.2 Å². The van der Waals surface area contributed by atoms with Crippen LogP contribution in [0.1, 0.15) is 42.9 Å². The molecule has 174 valence electrons. The number of aliphatic hydroxyl groups excluding tert-OH is 1. The van der Waals surface area contributed by atoms with Gasteiger partial charge in [-0.1, -0.05) is 0 Å². The van der Waals surface area contributed by atoms with Crippen molar-refractivity contribution in [2.24, 2.45) is 5.92 Å². The summed E-state index contributed by atoms with van der Waals surface area (Å²) < 4.78 is 52.8. The largest absolute Gasteiger partial charge is 0.493 e. The molecular weight excluding hydrogens is 439 g/mol. The first-order valence-electron chi connectivity index (χ1n) is 11.0. The van der Waals surface area contributed by atoms with Crippen molar-refractivity contribution in [2.75, 3.05) is 24.1 Å². The van der Waals surface area contributed by atoms with Crippen molar-refractivity contribution in [1.29, 1.82) is 0 Å². The Morgan fingerprint density at radius 3 is 2.62 bits per heavy atom. The number of alkyl halides is 3. The number of nitrogens with zero attached hydrogens (tertiary/aromatic N) is 1. The van der Waals surface area contributed by atoms with Gasteiger partial charge >= 0.3 is 6.18 Å². The number of fused-ring (bicyclic) bond motifs is 1. The van der Waals surface area contributed by atoms with Crippen LogP contribution in [0.15, 0.2) is 41.3 Å². The van der Waals surface area contributed by atoms with Crippen LogP contribution in [0, 0.1) is 5.92 Å². The summed E-state index contributed by atoms with van der Waals surface area (Å²) in [5.41, 5.74) is 1.63. The Balaban J connectivity index is 1.50. The number of anilines is 1. The van der Waals surface area contributed by atoms with E-state index >= 15 is 0 Å². The molecule has 2 aromatic rings. The maximum Gasteiger partial charge on any atom is 0.416 e. The number of ether oxygens (including phenoxy) is 2. The van der Waals surface area contributed by atoms with Gasteiger partial charge in [-0.3, -0.25) is 0 Å². The van der Waals surface area contributed by atoms with Gasteiger partial charge in [-0.25, -0.2) is 0 Å². The van der Waals surface area contributed by atoms with E-state index in [4.69, 9.17) is 9.47 Å². The van der Waals surface area contributed by atoms with Gasteiger partial charge < -0.3 is 18.9 Å². The number of rotatable bonds is 6. The van der Waals surface area contributed by atoms with Gasteiger partial charge in [0.25, 0.3) is 0 Å². The zero-order valence-corrected chi connectivity index (χ0v) is 18.8. The molecule has 0 radical (unpaired) electrons. The highest BCUT2D eigenvalue weighted by Gasteiger charge is 2.33. The first-order valence-corrected chi connectivity index (χ1v) is 11.7. The lowest BCUT2D eigenvalue weighted by atomic mass is 9.97. The van der Waals surface area contributed by atoms with E-state index in [1.807, 2.05) is 18.2 Å². The molecule has 2 heterocycles. The molecule has 0 spiro atoms. The Bertz CT molecular complexity index is 931. The lowest BCUT2D eigenvalue weighted by molar-refractivity contribution is -0.137. The van der Waals surface area contributed by atoms with Crippen LogP contribution in [0.3, 0.4) is 0 Å². The van der Waals surface area contributed by atoms with Crippen molar-refractivity contribution in [3.05, 3.63) is 53.1 Å². The summed E-state index contributed by atoms with van der Waals surface area (Å²) in [5.74, 6) is 1.13. The van der Waals surface area contributed by atoms with Crippen molar-refractivity contribution in [1.82, 2.24) is 0 Å². The molecule has 32 heavy (non-hydrogen) atoms. The van der Waals surface area contributed by atoms with Crippen LogP contribution < -0.4 is 9.04 Å². The molecule has 2 aliphatic rings. The third-order valence-corrected chi connectivity index (χ3v) is 7.32. The molecule has 4 nitrogen and oxygen atoms in total. The highest BCUT2D eigenvalue weighted by molar-refractivity contribution is 8.00. The second-order valence-electron chi connectivity index (χ2n) is 8.44. The second kappa shape index (κ2) is 9.93. The van der Waals surface area contributed by atoms with E-state index < -0.39 is 11.7 Å². The fourth-order valence-corrected chi connectivity index (χ4v) is 5.26. The number of hydrogen-bond acceptors (Lipinski definition) is 5. The molecule has 1 fully saturated rings. The van der Waals surface area contributed by atoms with Crippen LogP contribution in [-0.2, 0) is 23.9 Å². The van der Waals surface area contributed by atoms with E-state index in [0.29, 0.717) is 35.8 Å². The monoisotopic (exact) mass is 467 g/mol. The molecule has 0 saturated carbocycles. The second-order valence-corrected chi connectivity index (χ2v) is 9.49.